The topological polar surface area (TPSA) is 71.1 Å². The van der Waals surface area contributed by atoms with Crippen LogP contribution in [0.5, 0.6) is 0 Å². The van der Waals surface area contributed by atoms with E-state index in [1.54, 1.807) is 18.2 Å². The number of halogens is 1. The maximum absolute atomic E-state index is 11.8. The van der Waals surface area contributed by atoms with E-state index in [1.165, 1.54) is 18.0 Å². The number of benzene rings is 1. The fourth-order valence-electron chi connectivity index (χ4n) is 1.86. The van der Waals surface area contributed by atoms with Crippen LogP contribution in [-0.2, 0) is 4.79 Å². The van der Waals surface area contributed by atoms with E-state index in [1.807, 2.05) is 26.0 Å². The van der Waals surface area contributed by atoms with Gasteiger partial charge in [0.1, 0.15) is 0 Å². The number of nitrogens with one attached hydrogen (secondary N) is 2. The van der Waals surface area contributed by atoms with Gasteiger partial charge in [-0.3, -0.25) is 10.1 Å². The van der Waals surface area contributed by atoms with Gasteiger partial charge in [-0.1, -0.05) is 41.1 Å². The molecule has 23 heavy (non-hydrogen) atoms. The Bertz CT molecular complexity index is 720. The number of thioether (sulfide) groups is 1. The number of anilines is 1. The van der Waals surface area contributed by atoms with Crippen molar-refractivity contribution in [3.63, 3.8) is 0 Å². The van der Waals surface area contributed by atoms with Crippen molar-refractivity contribution in [3.8, 4) is 0 Å². The lowest BCUT2D eigenvalue weighted by molar-refractivity contribution is -0.117. The minimum absolute atomic E-state index is 0.0922. The number of hydrogen-bond acceptors (Lipinski definition) is 4. The molecule has 0 aliphatic heterocycles. The summed E-state index contributed by atoms with van der Waals surface area (Å²) in [5.41, 5.74) is 2.72. The summed E-state index contributed by atoms with van der Waals surface area (Å²) in [4.78, 5) is 27.7. The average Bonchev–Trinajstić information content (AvgIpc) is 2.49. The standard InChI is InChI=1S/C16H16ClN3O2S/c1-10-3-5-13(11(2)7-10)19-16(22)20-14(21)9-23-15-6-4-12(17)8-18-15/h3-8H,9H2,1-2H3,(H2,19,20,21,22). The number of aryl methyl sites for hydroxylation is 2. The highest BCUT2D eigenvalue weighted by Gasteiger charge is 2.10. The van der Waals surface area contributed by atoms with Gasteiger partial charge in [0.15, 0.2) is 0 Å². The summed E-state index contributed by atoms with van der Waals surface area (Å²) >= 11 is 6.97. The van der Waals surface area contributed by atoms with E-state index in [2.05, 4.69) is 15.6 Å². The summed E-state index contributed by atoms with van der Waals surface area (Å²) in [6, 6.07) is 8.52. The van der Waals surface area contributed by atoms with Crippen molar-refractivity contribution < 1.29 is 9.59 Å². The van der Waals surface area contributed by atoms with Gasteiger partial charge in [-0.25, -0.2) is 9.78 Å². The maximum Gasteiger partial charge on any atom is 0.325 e. The molecular weight excluding hydrogens is 334 g/mol. The van der Waals surface area contributed by atoms with Crippen molar-refractivity contribution in [2.24, 2.45) is 0 Å². The fraction of sp³-hybridized carbons (Fsp3) is 0.188. The molecule has 0 bridgehead atoms. The van der Waals surface area contributed by atoms with Gasteiger partial charge in [0.2, 0.25) is 5.91 Å². The van der Waals surface area contributed by atoms with E-state index in [0.717, 1.165) is 11.1 Å². The van der Waals surface area contributed by atoms with Gasteiger partial charge >= 0.3 is 6.03 Å². The van der Waals surface area contributed by atoms with Crippen LogP contribution in [0, 0.1) is 13.8 Å². The summed E-state index contributed by atoms with van der Waals surface area (Å²) in [5, 5.41) is 6.15. The highest BCUT2D eigenvalue weighted by molar-refractivity contribution is 7.99. The van der Waals surface area contributed by atoms with Crippen LogP contribution < -0.4 is 10.6 Å². The van der Waals surface area contributed by atoms with Crippen molar-refractivity contribution in [1.29, 1.82) is 0 Å². The van der Waals surface area contributed by atoms with E-state index < -0.39 is 11.9 Å². The molecule has 1 heterocycles. The molecule has 0 saturated carbocycles. The van der Waals surface area contributed by atoms with E-state index in [9.17, 15) is 9.59 Å². The Morgan fingerprint density at radius 3 is 2.65 bits per heavy atom. The van der Waals surface area contributed by atoms with Gasteiger partial charge in [0.05, 0.1) is 15.8 Å². The molecule has 5 nitrogen and oxygen atoms in total. The van der Waals surface area contributed by atoms with Gasteiger partial charge in [-0.15, -0.1) is 0 Å². The summed E-state index contributed by atoms with van der Waals surface area (Å²) in [7, 11) is 0. The first-order chi connectivity index (χ1) is 10.9. The van der Waals surface area contributed by atoms with Crippen molar-refractivity contribution >= 4 is 41.0 Å². The Kier molecular flexibility index (Phi) is 6.01. The van der Waals surface area contributed by atoms with Gasteiger partial charge in [0, 0.05) is 11.9 Å². The number of carbonyl (C=O) groups is 2. The molecule has 2 rings (SSSR count). The highest BCUT2D eigenvalue weighted by Crippen LogP contribution is 2.17. The number of urea groups is 1. The maximum atomic E-state index is 11.8. The molecular formula is C16H16ClN3O2S. The van der Waals surface area contributed by atoms with Crippen LogP contribution in [0.25, 0.3) is 0 Å². The highest BCUT2D eigenvalue weighted by atomic mass is 35.5. The lowest BCUT2D eigenvalue weighted by Crippen LogP contribution is -2.35. The minimum atomic E-state index is -0.549. The van der Waals surface area contributed by atoms with Gasteiger partial charge in [-0.05, 0) is 37.6 Å². The number of rotatable bonds is 4. The minimum Gasteiger partial charge on any atom is -0.307 e. The third-order valence-corrected chi connectivity index (χ3v) is 4.10. The summed E-state index contributed by atoms with van der Waals surface area (Å²) in [5.74, 6) is -0.302. The SMILES string of the molecule is Cc1ccc(NC(=O)NC(=O)CSc2ccc(Cl)cn2)c(C)c1. The molecule has 0 aliphatic carbocycles. The fourth-order valence-corrected chi connectivity index (χ4v) is 2.61. The summed E-state index contributed by atoms with van der Waals surface area (Å²) in [6.45, 7) is 3.87. The molecule has 2 N–H and O–H groups in total. The van der Waals surface area contributed by atoms with Crippen LogP contribution in [0.4, 0.5) is 10.5 Å². The summed E-state index contributed by atoms with van der Waals surface area (Å²) in [6.07, 6.45) is 1.51. The average molecular weight is 350 g/mol. The Morgan fingerprint density at radius 2 is 2.00 bits per heavy atom. The zero-order valence-electron chi connectivity index (χ0n) is 12.7. The van der Waals surface area contributed by atoms with E-state index in [4.69, 9.17) is 11.6 Å². The van der Waals surface area contributed by atoms with Crippen LogP contribution in [0.15, 0.2) is 41.6 Å². The second-order valence-electron chi connectivity index (χ2n) is 4.92. The Hall–Kier alpha value is -2.05. The quantitative estimate of drug-likeness (QED) is 0.824. The smallest absolute Gasteiger partial charge is 0.307 e. The van der Waals surface area contributed by atoms with E-state index in [0.29, 0.717) is 15.7 Å². The molecule has 1 aromatic heterocycles. The number of imide groups is 1. The van der Waals surface area contributed by atoms with Gasteiger partial charge in [0.25, 0.3) is 0 Å². The number of aromatic nitrogens is 1. The van der Waals surface area contributed by atoms with Crippen LogP contribution in [0.2, 0.25) is 5.02 Å². The first kappa shape index (κ1) is 17.3. The second kappa shape index (κ2) is 7.99. The Morgan fingerprint density at radius 1 is 1.22 bits per heavy atom. The zero-order valence-corrected chi connectivity index (χ0v) is 14.3. The number of carbonyl (C=O) groups excluding carboxylic acids is 2. The van der Waals surface area contributed by atoms with Gasteiger partial charge in [-0.2, -0.15) is 0 Å². The molecule has 120 valence electrons. The molecule has 3 amide bonds. The molecule has 0 aliphatic rings. The molecule has 0 saturated heterocycles. The van der Waals surface area contributed by atoms with E-state index >= 15 is 0 Å². The molecule has 2 aromatic rings. The number of pyridine rings is 1. The lowest BCUT2D eigenvalue weighted by atomic mass is 10.1. The third-order valence-electron chi connectivity index (χ3n) is 2.93. The normalized spacial score (nSPS) is 10.2. The van der Waals surface area contributed by atoms with E-state index in [-0.39, 0.29) is 5.75 Å². The van der Waals surface area contributed by atoms with Crippen LogP contribution in [-0.4, -0.2) is 22.7 Å². The first-order valence-electron chi connectivity index (χ1n) is 6.86. The largest absolute Gasteiger partial charge is 0.325 e. The Balaban J connectivity index is 1.82. The van der Waals surface area contributed by atoms with Crippen molar-refractivity contribution in [3.05, 3.63) is 52.7 Å². The molecule has 0 radical (unpaired) electrons. The van der Waals surface area contributed by atoms with Crippen LogP contribution in [0.3, 0.4) is 0 Å². The predicted octanol–water partition coefficient (Wildman–Crippen LogP) is 3.79. The molecule has 0 unspecified atom stereocenters. The third kappa shape index (κ3) is 5.58. The molecule has 7 heteroatoms. The number of nitrogens with zero attached hydrogens (tertiary/aromatic N) is 1. The van der Waals surface area contributed by atoms with Crippen LogP contribution in [0.1, 0.15) is 11.1 Å². The van der Waals surface area contributed by atoms with Crippen molar-refractivity contribution in [1.82, 2.24) is 10.3 Å². The summed E-state index contributed by atoms with van der Waals surface area (Å²) < 4.78 is 0. The molecule has 0 atom stereocenters. The first-order valence-corrected chi connectivity index (χ1v) is 8.23. The second-order valence-corrected chi connectivity index (χ2v) is 6.36. The van der Waals surface area contributed by atoms with Gasteiger partial charge < -0.3 is 5.32 Å². The lowest BCUT2D eigenvalue weighted by Gasteiger charge is -2.09. The monoisotopic (exact) mass is 349 g/mol. The van der Waals surface area contributed by atoms with Crippen molar-refractivity contribution in [2.45, 2.75) is 18.9 Å². The number of hydrogen-bond donors (Lipinski definition) is 2. The zero-order chi connectivity index (χ0) is 16.8. The number of amides is 3. The van der Waals surface area contributed by atoms with Crippen molar-refractivity contribution in [2.75, 3.05) is 11.1 Å². The molecule has 0 spiro atoms. The molecule has 1 aromatic carbocycles. The predicted molar refractivity (Wildman–Crippen MR) is 93.0 cm³/mol. The molecule has 0 fully saturated rings. The Labute approximate surface area is 143 Å². The van der Waals surface area contributed by atoms with Crippen LogP contribution >= 0.6 is 23.4 Å².